The number of fused-ring (bicyclic) bond motifs is 1. The van der Waals surface area contributed by atoms with E-state index in [-0.39, 0.29) is 17.4 Å². The molecule has 1 aromatic rings. The van der Waals surface area contributed by atoms with Crippen LogP contribution in [0.15, 0.2) is 48.3 Å². The Morgan fingerprint density at radius 2 is 1.93 bits per heavy atom. The van der Waals surface area contributed by atoms with Crippen LogP contribution in [0.5, 0.6) is 0 Å². The Balaban J connectivity index is 1.72. The summed E-state index contributed by atoms with van der Waals surface area (Å²) >= 11 is 0. The lowest BCUT2D eigenvalue weighted by molar-refractivity contribution is -0.137. The van der Waals surface area contributed by atoms with Crippen molar-refractivity contribution >= 4 is 5.57 Å². The summed E-state index contributed by atoms with van der Waals surface area (Å²) in [5, 5.41) is 19.5. The van der Waals surface area contributed by atoms with Gasteiger partial charge in [-0.2, -0.15) is 18.4 Å². The molecule has 2 atom stereocenters. The maximum Gasteiger partial charge on any atom is 0.416 e. The second-order valence-electron chi connectivity index (χ2n) is 7.75. The van der Waals surface area contributed by atoms with Crippen molar-refractivity contribution in [2.45, 2.75) is 25.1 Å². The van der Waals surface area contributed by atoms with E-state index in [1.807, 2.05) is 30.5 Å². The molecule has 3 aliphatic rings. The van der Waals surface area contributed by atoms with Crippen molar-refractivity contribution in [3.63, 3.8) is 0 Å². The SMILES string of the molecule is N#Cc1cc(C2=CC3C=CNCC3C(NC3CCNCC3)=C2)cc(C(F)(F)F)c1. The van der Waals surface area contributed by atoms with Gasteiger partial charge in [-0.25, -0.2) is 0 Å². The maximum absolute atomic E-state index is 13.3. The number of alkyl halides is 3. The van der Waals surface area contributed by atoms with E-state index in [0.29, 0.717) is 11.6 Å². The highest BCUT2D eigenvalue weighted by Crippen LogP contribution is 2.37. The monoisotopic (exact) mass is 400 g/mol. The normalized spacial score (nSPS) is 24.6. The molecule has 152 valence electrons. The van der Waals surface area contributed by atoms with Gasteiger partial charge < -0.3 is 16.0 Å². The number of benzene rings is 1. The topological polar surface area (TPSA) is 59.9 Å². The molecule has 2 aliphatic heterocycles. The molecule has 7 heteroatoms. The number of hydrogen-bond acceptors (Lipinski definition) is 4. The van der Waals surface area contributed by atoms with E-state index in [9.17, 15) is 18.4 Å². The van der Waals surface area contributed by atoms with Gasteiger partial charge in [0.05, 0.1) is 17.2 Å². The van der Waals surface area contributed by atoms with Crippen molar-refractivity contribution in [1.29, 1.82) is 5.26 Å². The number of rotatable bonds is 3. The molecule has 1 fully saturated rings. The van der Waals surface area contributed by atoms with Gasteiger partial charge in [0, 0.05) is 30.1 Å². The largest absolute Gasteiger partial charge is 0.416 e. The average Bonchev–Trinajstić information content (AvgIpc) is 2.73. The second kappa shape index (κ2) is 7.96. The molecular formula is C22H23F3N4. The minimum atomic E-state index is -4.49. The van der Waals surface area contributed by atoms with Crippen LogP contribution < -0.4 is 16.0 Å². The molecule has 1 aromatic carbocycles. The van der Waals surface area contributed by atoms with Crippen LogP contribution in [0.2, 0.25) is 0 Å². The van der Waals surface area contributed by atoms with Crippen LogP contribution in [0.25, 0.3) is 5.57 Å². The Morgan fingerprint density at radius 1 is 1.14 bits per heavy atom. The van der Waals surface area contributed by atoms with Crippen molar-refractivity contribution in [3.05, 3.63) is 65.0 Å². The summed E-state index contributed by atoms with van der Waals surface area (Å²) < 4.78 is 40.0. The van der Waals surface area contributed by atoms with Crippen molar-refractivity contribution in [1.82, 2.24) is 16.0 Å². The summed E-state index contributed by atoms with van der Waals surface area (Å²) in [6.45, 7) is 2.69. The third-order valence-corrected chi connectivity index (χ3v) is 5.75. The van der Waals surface area contributed by atoms with Crippen LogP contribution in [-0.2, 0) is 6.18 Å². The molecule has 0 radical (unpaired) electrons. The Bertz CT molecular complexity index is 902. The van der Waals surface area contributed by atoms with Crippen molar-refractivity contribution in [2.24, 2.45) is 11.8 Å². The maximum atomic E-state index is 13.3. The highest BCUT2D eigenvalue weighted by molar-refractivity contribution is 5.77. The number of nitriles is 1. The Kier molecular flexibility index (Phi) is 5.37. The first kappa shape index (κ1) is 19.6. The number of allylic oxidation sites excluding steroid dienone is 4. The fourth-order valence-electron chi connectivity index (χ4n) is 4.22. The lowest BCUT2D eigenvalue weighted by atomic mass is 9.79. The van der Waals surface area contributed by atoms with Crippen molar-refractivity contribution in [2.75, 3.05) is 19.6 Å². The fraction of sp³-hybridized carbons (Fsp3) is 0.409. The van der Waals surface area contributed by atoms with E-state index >= 15 is 0 Å². The molecule has 2 unspecified atom stereocenters. The molecule has 1 aliphatic carbocycles. The zero-order chi connectivity index (χ0) is 20.4. The molecule has 0 bridgehead atoms. The molecule has 0 saturated carbocycles. The summed E-state index contributed by atoms with van der Waals surface area (Å²) in [6, 6.07) is 5.78. The zero-order valence-electron chi connectivity index (χ0n) is 15.9. The predicted octanol–water partition coefficient (Wildman–Crippen LogP) is 3.55. The summed E-state index contributed by atoms with van der Waals surface area (Å²) in [5.41, 5.74) is 1.41. The van der Waals surface area contributed by atoms with E-state index in [1.54, 1.807) is 0 Å². The van der Waals surface area contributed by atoms with Crippen molar-refractivity contribution in [3.8, 4) is 6.07 Å². The lowest BCUT2D eigenvalue weighted by Crippen LogP contribution is -2.44. The Hall–Kier alpha value is -2.72. The first-order chi connectivity index (χ1) is 13.9. The Morgan fingerprint density at radius 3 is 2.66 bits per heavy atom. The third-order valence-electron chi connectivity index (χ3n) is 5.75. The smallest absolute Gasteiger partial charge is 0.390 e. The number of nitrogens with zero attached hydrogens (tertiary/aromatic N) is 1. The molecule has 4 nitrogen and oxygen atoms in total. The fourth-order valence-corrected chi connectivity index (χ4v) is 4.22. The standard InChI is InChI=1S/C22H23F3N4/c23-22(24,25)18-8-14(12-26)7-16(10-18)17-9-15-1-4-28-13-20(15)21(11-17)29-19-2-5-27-6-3-19/h1,4,7-11,15,19-20,27-29H,2-3,5-6,13H2. The first-order valence-electron chi connectivity index (χ1n) is 9.87. The minimum absolute atomic E-state index is 0.0139. The molecule has 0 amide bonds. The number of halogens is 3. The summed E-state index contributed by atoms with van der Waals surface area (Å²) in [7, 11) is 0. The average molecular weight is 400 g/mol. The van der Waals surface area contributed by atoms with Gasteiger partial charge in [-0.05, 0) is 67.5 Å². The van der Waals surface area contributed by atoms with Gasteiger partial charge in [0.25, 0.3) is 0 Å². The van der Waals surface area contributed by atoms with Crippen LogP contribution in [-0.4, -0.2) is 25.7 Å². The predicted molar refractivity (Wildman–Crippen MR) is 105 cm³/mol. The number of piperidine rings is 1. The number of nitrogens with one attached hydrogen (secondary N) is 3. The van der Waals surface area contributed by atoms with Crippen LogP contribution in [0.1, 0.15) is 29.5 Å². The van der Waals surface area contributed by atoms with Gasteiger partial charge in [-0.1, -0.05) is 12.2 Å². The first-order valence-corrected chi connectivity index (χ1v) is 9.87. The highest BCUT2D eigenvalue weighted by atomic mass is 19.4. The third kappa shape index (κ3) is 4.33. The summed E-state index contributed by atoms with van der Waals surface area (Å²) in [5.74, 6) is 0.320. The van der Waals surface area contributed by atoms with E-state index < -0.39 is 11.7 Å². The molecular weight excluding hydrogens is 377 g/mol. The van der Waals surface area contributed by atoms with E-state index in [1.165, 1.54) is 6.07 Å². The van der Waals surface area contributed by atoms with E-state index in [0.717, 1.165) is 55.9 Å². The van der Waals surface area contributed by atoms with Crippen LogP contribution in [0, 0.1) is 23.2 Å². The number of hydrogen-bond donors (Lipinski definition) is 3. The second-order valence-corrected chi connectivity index (χ2v) is 7.75. The van der Waals surface area contributed by atoms with Crippen LogP contribution in [0.4, 0.5) is 13.2 Å². The highest BCUT2D eigenvalue weighted by Gasteiger charge is 2.33. The van der Waals surface area contributed by atoms with Crippen molar-refractivity contribution < 1.29 is 13.2 Å². The van der Waals surface area contributed by atoms with Gasteiger partial charge in [-0.3, -0.25) is 0 Å². The van der Waals surface area contributed by atoms with Crippen LogP contribution in [0.3, 0.4) is 0 Å². The molecule has 29 heavy (non-hydrogen) atoms. The summed E-state index contributed by atoms with van der Waals surface area (Å²) in [6.07, 6.45) is 5.44. The van der Waals surface area contributed by atoms with E-state index in [2.05, 4.69) is 16.0 Å². The lowest BCUT2D eigenvalue weighted by Gasteiger charge is -2.36. The Labute approximate surface area is 168 Å². The molecule has 0 spiro atoms. The molecule has 4 rings (SSSR count). The summed E-state index contributed by atoms with van der Waals surface area (Å²) in [4.78, 5) is 0. The molecule has 3 N–H and O–H groups in total. The minimum Gasteiger partial charge on any atom is -0.390 e. The van der Waals surface area contributed by atoms with Crippen LogP contribution >= 0.6 is 0 Å². The van der Waals surface area contributed by atoms with Gasteiger partial charge in [0.15, 0.2) is 0 Å². The van der Waals surface area contributed by atoms with Gasteiger partial charge in [0.1, 0.15) is 0 Å². The van der Waals surface area contributed by atoms with Gasteiger partial charge >= 0.3 is 6.18 Å². The van der Waals surface area contributed by atoms with E-state index in [4.69, 9.17) is 0 Å². The zero-order valence-corrected chi connectivity index (χ0v) is 15.9. The quantitative estimate of drug-likeness (QED) is 0.726. The molecule has 2 heterocycles. The molecule has 1 saturated heterocycles. The molecule has 0 aromatic heterocycles. The van der Waals surface area contributed by atoms with Gasteiger partial charge in [-0.15, -0.1) is 0 Å². The van der Waals surface area contributed by atoms with Gasteiger partial charge in [0.2, 0.25) is 0 Å².